The van der Waals surface area contributed by atoms with Gasteiger partial charge in [0, 0.05) is 44.5 Å². The zero-order chi connectivity index (χ0) is 23.1. The predicted molar refractivity (Wildman–Crippen MR) is 127 cm³/mol. The van der Waals surface area contributed by atoms with E-state index in [1.807, 2.05) is 37.1 Å². The number of piperidine rings is 1. The monoisotopic (exact) mass is 447 g/mol. The molecule has 0 spiro atoms. The van der Waals surface area contributed by atoms with Gasteiger partial charge in [0.25, 0.3) is 0 Å². The molecule has 8 heteroatoms. The normalized spacial score (nSPS) is 16.3. The molecule has 1 fully saturated rings. The van der Waals surface area contributed by atoms with Crippen molar-refractivity contribution in [3.8, 4) is 0 Å². The van der Waals surface area contributed by atoms with Crippen LogP contribution in [0.5, 0.6) is 0 Å². The molecule has 0 bridgehead atoms. The van der Waals surface area contributed by atoms with Crippen LogP contribution in [0.3, 0.4) is 0 Å². The maximum absolute atomic E-state index is 13.3. The average molecular weight is 448 g/mol. The number of aromatic nitrogens is 3. The van der Waals surface area contributed by atoms with Gasteiger partial charge >= 0.3 is 5.97 Å². The van der Waals surface area contributed by atoms with Crippen LogP contribution in [-0.2, 0) is 23.0 Å². The van der Waals surface area contributed by atoms with E-state index in [2.05, 4.69) is 21.0 Å². The fourth-order valence-corrected chi connectivity index (χ4v) is 5.22. The third-order valence-corrected chi connectivity index (χ3v) is 6.81. The van der Waals surface area contributed by atoms with Crippen molar-refractivity contribution in [1.29, 1.82) is 0 Å². The third kappa shape index (κ3) is 3.63. The summed E-state index contributed by atoms with van der Waals surface area (Å²) in [6.07, 6.45) is 3.99. The number of nitrogens with zero attached hydrogens (tertiary/aromatic N) is 5. The molecule has 2 aliphatic heterocycles. The van der Waals surface area contributed by atoms with Crippen molar-refractivity contribution in [2.24, 2.45) is 13.0 Å². The molecule has 2 aromatic heterocycles. The number of amides is 1. The number of para-hydroxylation sites is 1. The van der Waals surface area contributed by atoms with Gasteiger partial charge in [-0.25, -0.2) is 9.78 Å². The van der Waals surface area contributed by atoms with Crippen LogP contribution in [0.1, 0.15) is 41.4 Å². The number of rotatable bonds is 4. The van der Waals surface area contributed by atoms with Crippen LogP contribution in [0.2, 0.25) is 0 Å². The molecule has 2 aliphatic rings. The molecule has 8 nitrogen and oxygen atoms in total. The number of hydrogen-bond donors (Lipinski definition) is 0. The Morgan fingerprint density at radius 3 is 2.67 bits per heavy atom. The highest BCUT2D eigenvalue weighted by atomic mass is 16.5. The molecule has 33 heavy (non-hydrogen) atoms. The first-order valence-corrected chi connectivity index (χ1v) is 11.6. The number of benzene rings is 1. The smallest absolute Gasteiger partial charge is 0.341 e. The molecule has 0 atom stereocenters. The molecule has 1 aromatic carbocycles. The first-order valence-electron chi connectivity index (χ1n) is 11.6. The summed E-state index contributed by atoms with van der Waals surface area (Å²) in [7, 11) is 1.86. The number of carbonyl (C=O) groups excluding carboxylic acids is 2. The van der Waals surface area contributed by atoms with Crippen molar-refractivity contribution < 1.29 is 14.3 Å². The van der Waals surface area contributed by atoms with Crippen molar-refractivity contribution in [3.05, 3.63) is 47.3 Å². The summed E-state index contributed by atoms with van der Waals surface area (Å²) in [5.41, 5.74) is 5.14. The van der Waals surface area contributed by atoms with Crippen LogP contribution in [0.4, 0.5) is 11.4 Å². The average Bonchev–Trinajstić information content (AvgIpc) is 3.39. The summed E-state index contributed by atoms with van der Waals surface area (Å²) in [6.45, 7) is 6.16. The lowest BCUT2D eigenvalue weighted by Crippen LogP contribution is -2.42. The maximum Gasteiger partial charge on any atom is 0.341 e. The van der Waals surface area contributed by atoms with Crippen LogP contribution in [0.15, 0.2) is 30.5 Å². The maximum atomic E-state index is 13.3. The van der Waals surface area contributed by atoms with Gasteiger partial charge in [0.15, 0.2) is 5.65 Å². The van der Waals surface area contributed by atoms with Crippen molar-refractivity contribution in [3.63, 3.8) is 0 Å². The Hall–Kier alpha value is -3.42. The topological polar surface area (TPSA) is 80.6 Å². The van der Waals surface area contributed by atoms with E-state index in [0.717, 1.165) is 53.9 Å². The summed E-state index contributed by atoms with van der Waals surface area (Å²) in [4.78, 5) is 34.7. The summed E-state index contributed by atoms with van der Waals surface area (Å²) >= 11 is 0. The Morgan fingerprint density at radius 1 is 1.15 bits per heavy atom. The van der Waals surface area contributed by atoms with Gasteiger partial charge in [-0.05, 0) is 44.7 Å². The Labute approximate surface area is 193 Å². The van der Waals surface area contributed by atoms with Crippen LogP contribution >= 0.6 is 0 Å². The second-order valence-electron chi connectivity index (χ2n) is 8.78. The molecule has 0 unspecified atom stereocenters. The van der Waals surface area contributed by atoms with E-state index in [4.69, 9.17) is 4.74 Å². The second kappa shape index (κ2) is 8.50. The summed E-state index contributed by atoms with van der Waals surface area (Å²) in [5.74, 6) is -0.189. The minimum Gasteiger partial charge on any atom is -0.462 e. The minimum absolute atomic E-state index is 0.0224. The minimum atomic E-state index is -0.378. The first kappa shape index (κ1) is 21.4. The number of carbonyl (C=O) groups is 2. The first-order chi connectivity index (χ1) is 16.0. The Balaban J connectivity index is 1.41. The second-order valence-corrected chi connectivity index (χ2v) is 8.78. The van der Waals surface area contributed by atoms with E-state index in [1.165, 1.54) is 5.56 Å². The molecule has 5 rings (SSSR count). The standard InChI is InChI=1S/C25H29N5O3/c1-4-33-25(32)19-15-26-23-21(16(2)27-28(23)3)22(19)29-12-9-18(10-13-29)24(31)30-14-11-17-7-5-6-8-20(17)30/h5-8,15,18H,4,9-14H2,1-3H3. The number of fused-ring (bicyclic) bond motifs is 2. The molecular weight excluding hydrogens is 418 g/mol. The van der Waals surface area contributed by atoms with Crippen molar-refractivity contribution in [2.75, 3.05) is 36.0 Å². The highest BCUT2D eigenvalue weighted by Crippen LogP contribution is 2.36. The summed E-state index contributed by atoms with van der Waals surface area (Å²) < 4.78 is 7.06. The van der Waals surface area contributed by atoms with E-state index in [9.17, 15) is 9.59 Å². The lowest BCUT2D eigenvalue weighted by atomic mass is 9.94. The van der Waals surface area contributed by atoms with Gasteiger partial charge in [0.1, 0.15) is 5.56 Å². The number of esters is 1. The summed E-state index contributed by atoms with van der Waals surface area (Å²) in [5, 5.41) is 5.40. The van der Waals surface area contributed by atoms with Gasteiger partial charge in [-0.2, -0.15) is 5.10 Å². The van der Waals surface area contributed by atoms with Gasteiger partial charge in [0.2, 0.25) is 5.91 Å². The predicted octanol–water partition coefficient (Wildman–Crippen LogP) is 3.26. The Bertz CT molecular complexity index is 1230. The Kier molecular flexibility index (Phi) is 5.52. The van der Waals surface area contributed by atoms with Crippen molar-refractivity contribution in [1.82, 2.24) is 14.8 Å². The number of hydrogen-bond acceptors (Lipinski definition) is 6. The summed E-state index contributed by atoms with van der Waals surface area (Å²) in [6, 6.07) is 8.17. The fraction of sp³-hybridized carbons (Fsp3) is 0.440. The van der Waals surface area contributed by atoms with Gasteiger partial charge < -0.3 is 14.5 Å². The van der Waals surface area contributed by atoms with Gasteiger partial charge in [-0.3, -0.25) is 9.48 Å². The molecule has 0 radical (unpaired) electrons. The van der Waals surface area contributed by atoms with Crippen LogP contribution in [0.25, 0.3) is 11.0 Å². The van der Waals surface area contributed by atoms with E-state index >= 15 is 0 Å². The fourth-order valence-electron chi connectivity index (χ4n) is 5.22. The molecule has 4 heterocycles. The van der Waals surface area contributed by atoms with E-state index in [1.54, 1.807) is 17.8 Å². The molecule has 0 N–H and O–H groups in total. The van der Waals surface area contributed by atoms with E-state index in [-0.39, 0.29) is 17.8 Å². The zero-order valence-electron chi connectivity index (χ0n) is 19.4. The van der Waals surface area contributed by atoms with Gasteiger partial charge in [0.05, 0.1) is 23.4 Å². The SMILES string of the molecule is CCOC(=O)c1cnc2c(c(C)nn2C)c1N1CCC(C(=O)N2CCc3ccccc32)CC1. The molecule has 0 aliphatic carbocycles. The number of ether oxygens (including phenoxy) is 1. The highest BCUT2D eigenvalue weighted by Gasteiger charge is 2.34. The quantitative estimate of drug-likeness (QED) is 0.571. The van der Waals surface area contributed by atoms with Crippen LogP contribution in [0, 0.1) is 12.8 Å². The van der Waals surface area contributed by atoms with Crippen molar-refractivity contribution in [2.45, 2.75) is 33.1 Å². The van der Waals surface area contributed by atoms with E-state index in [0.29, 0.717) is 25.3 Å². The van der Waals surface area contributed by atoms with Crippen molar-refractivity contribution >= 4 is 34.3 Å². The molecule has 0 saturated carbocycles. The number of aryl methyl sites for hydroxylation is 2. The molecule has 1 amide bonds. The lowest BCUT2D eigenvalue weighted by Gasteiger charge is -2.35. The van der Waals surface area contributed by atoms with Crippen LogP contribution < -0.4 is 9.80 Å². The molecule has 1 saturated heterocycles. The molecule has 172 valence electrons. The van der Waals surface area contributed by atoms with Crippen LogP contribution in [-0.4, -0.2) is 52.9 Å². The Morgan fingerprint density at radius 2 is 1.91 bits per heavy atom. The number of pyridine rings is 1. The highest BCUT2D eigenvalue weighted by molar-refractivity contribution is 6.05. The number of anilines is 2. The lowest BCUT2D eigenvalue weighted by molar-refractivity contribution is -0.122. The molecule has 3 aromatic rings. The van der Waals surface area contributed by atoms with Gasteiger partial charge in [-0.1, -0.05) is 18.2 Å². The largest absolute Gasteiger partial charge is 0.462 e. The van der Waals surface area contributed by atoms with Gasteiger partial charge in [-0.15, -0.1) is 0 Å². The zero-order valence-corrected chi connectivity index (χ0v) is 19.4. The van der Waals surface area contributed by atoms with E-state index < -0.39 is 0 Å². The molecular formula is C25H29N5O3. The third-order valence-electron chi connectivity index (χ3n) is 6.81.